The number of hydrogen-bond acceptors (Lipinski definition) is 10. The SMILES string of the molecule is CC(C)Nc1cc(Nc2ccc3ncsc3c2)ncc1-c1nnc(C=O)s1.CN1CCCCC1. The van der Waals surface area contributed by atoms with Crippen LogP contribution in [0, 0.1) is 0 Å². The molecule has 0 unspecified atom stereocenters. The lowest BCUT2D eigenvalue weighted by Crippen LogP contribution is -2.24. The van der Waals surface area contributed by atoms with Crippen molar-refractivity contribution < 1.29 is 4.79 Å². The minimum atomic E-state index is 0.228. The summed E-state index contributed by atoms with van der Waals surface area (Å²) >= 11 is 2.84. The number of benzene rings is 1. The number of aromatic nitrogens is 4. The molecule has 0 saturated carbocycles. The molecule has 4 aromatic rings. The highest BCUT2D eigenvalue weighted by Crippen LogP contribution is 2.33. The van der Waals surface area contributed by atoms with Crippen molar-refractivity contribution in [2.24, 2.45) is 0 Å². The van der Waals surface area contributed by atoms with Crippen LogP contribution in [-0.2, 0) is 0 Å². The molecule has 0 amide bonds. The molecule has 10 heteroatoms. The summed E-state index contributed by atoms with van der Waals surface area (Å²) in [7, 11) is 2.19. The van der Waals surface area contributed by atoms with Gasteiger partial charge in [0.25, 0.3) is 0 Å². The Balaban J connectivity index is 0.000000336. The van der Waals surface area contributed by atoms with Gasteiger partial charge in [-0.1, -0.05) is 17.8 Å². The van der Waals surface area contributed by atoms with E-state index in [2.05, 4.69) is 62.7 Å². The second-order valence-corrected chi connectivity index (χ2v) is 10.4. The first kappa shape index (κ1) is 24.2. The standard InChI is InChI=1S/C18H16N6OS2.C6H13N/c1-10(2)21-14-6-16(19-7-12(14)18-24-23-17(8-25)27-18)22-11-3-4-13-15(5-11)26-9-20-13;1-7-5-3-2-4-6-7/h3-10H,1-2H3,(H2,19,21,22);2-6H2,1H3. The summed E-state index contributed by atoms with van der Waals surface area (Å²) in [5.41, 5.74) is 5.47. The summed E-state index contributed by atoms with van der Waals surface area (Å²) in [6.45, 7) is 6.76. The van der Waals surface area contributed by atoms with Crippen molar-refractivity contribution in [3.63, 3.8) is 0 Å². The van der Waals surface area contributed by atoms with Gasteiger partial charge in [-0.05, 0) is 65.0 Å². The first-order valence-corrected chi connectivity index (χ1v) is 13.1. The van der Waals surface area contributed by atoms with Crippen molar-refractivity contribution in [2.45, 2.75) is 39.2 Å². The highest BCUT2D eigenvalue weighted by atomic mass is 32.1. The fraction of sp³-hybridized carbons (Fsp3) is 0.375. The zero-order chi connectivity index (χ0) is 23.9. The molecule has 34 heavy (non-hydrogen) atoms. The number of thiazole rings is 1. The van der Waals surface area contributed by atoms with E-state index in [4.69, 9.17) is 0 Å². The Bertz CT molecular complexity index is 1230. The van der Waals surface area contributed by atoms with Gasteiger partial charge in [0.1, 0.15) is 5.82 Å². The van der Waals surface area contributed by atoms with E-state index in [-0.39, 0.29) is 6.04 Å². The summed E-state index contributed by atoms with van der Waals surface area (Å²) < 4.78 is 1.12. The van der Waals surface area contributed by atoms with Crippen molar-refractivity contribution in [1.82, 2.24) is 25.1 Å². The Morgan fingerprint density at radius 1 is 1.09 bits per heavy atom. The van der Waals surface area contributed by atoms with Gasteiger partial charge in [0.15, 0.2) is 16.3 Å². The van der Waals surface area contributed by atoms with Gasteiger partial charge < -0.3 is 15.5 Å². The monoisotopic (exact) mass is 495 g/mol. The predicted octanol–water partition coefficient (Wildman–Crippen LogP) is 5.69. The molecule has 5 rings (SSSR count). The van der Waals surface area contributed by atoms with E-state index in [1.54, 1.807) is 17.5 Å². The Morgan fingerprint density at radius 2 is 1.91 bits per heavy atom. The van der Waals surface area contributed by atoms with Crippen LogP contribution >= 0.6 is 22.7 Å². The van der Waals surface area contributed by atoms with Crippen LogP contribution in [0.25, 0.3) is 20.8 Å². The average molecular weight is 496 g/mol. The third-order valence-electron chi connectivity index (χ3n) is 5.30. The number of piperidine rings is 1. The van der Waals surface area contributed by atoms with E-state index in [9.17, 15) is 4.79 Å². The number of carbonyl (C=O) groups is 1. The number of anilines is 3. The molecule has 1 aliphatic rings. The Hall–Kier alpha value is -2.95. The lowest BCUT2D eigenvalue weighted by atomic mass is 10.1. The topological polar surface area (TPSA) is 95.9 Å². The quantitative estimate of drug-likeness (QED) is 0.330. The second kappa shape index (κ2) is 11.5. The number of carbonyl (C=O) groups excluding carboxylic acids is 1. The first-order chi connectivity index (χ1) is 16.5. The summed E-state index contributed by atoms with van der Waals surface area (Å²) in [4.78, 5) is 22.1. The van der Waals surface area contributed by atoms with Crippen molar-refractivity contribution in [3.05, 3.63) is 41.0 Å². The van der Waals surface area contributed by atoms with Gasteiger partial charge in [-0.25, -0.2) is 9.97 Å². The van der Waals surface area contributed by atoms with Crippen LogP contribution in [0.5, 0.6) is 0 Å². The van der Waals surface area contributed by atoms with E-state index in [1.807, 2.05) is 23.7 Å². The zero-order valence-electron chi connectivity index (χ0n) is 19.6. The number of fused-ring (bicyclic) bond motifs is 1. The van der Waals surface area contributed by atoms with Crippen LogP contribution in [0.1, 0.15) is 42.9 Å². The first-order valence-electron chi connectivity index (χ1n) is 11.4. The molecule has 1 fully saturated rings. The Kier molecular flexibility index (Phi) is 8.15. The van der Waals surface area contributed by atoms with E-state index >= 15 is 0 Å². The molecule has 0 atom stereocenters. The maximum absolute atomic E-state index is 10.9. The molecule has 0 aliphatic carbocycles. The highest BCUT2D eigenvalue weighted by Gasteiger charge is 2.14. The third kappa shape index (κ3) is 6.34. The normalized spacial score (nSPS) is 14.0. The summed E-state index contributed by atoms with van der Waals surface area (Å²) in [5, 5.41) is 15.7. The lowest BCUT2D eigenvalue weighted by Gasteiger charge is -2.20. The fourth-order valence-corrected chi connectivity index (χ4v) is 5.05. The molecule has 8 nitrogen and oxygen atoms in total. The van der Waals surface area contributed by atoms with Gasteiger partial charge in [-0.3, -0.25) is 4.79 Å². The summed E-state index contributed by atoms with van der Waals surface area (Å²) in [6, 6.07) is 8.19. The van der Waals surface area contributed by atoms with Crippen molar-refractivity contribution in [1.29, 1.82) is 0 Å². The van der Waals surface area contributed by atoms with E-state index < -0.39 is 0 Å². The molecule has 178 valence electrons. The van der Waals surface area contributed by atoms with Crippen LogP contribution in [0.15, 0.2) is 36.0 Å². The molecule has 2 N–H and O–H groups in total. The molecule has 1 aliphatic heterocycles. The van der Waals surface area contributed by atoms with Crippen LogP contribution in [-0.4, -0.2) is 57.5 Å². The maximum atomic E-state index is 10.9. The third-order valence-corrected chi connectivity index (χ3v) is 6.98. The van der Waals surface area contributed by atoms with E-state index in [0.717, 1.165) is 27.2 Å². The maximum Gasteiger partial charge on any atom is 0.180 e. The van der Waals surface area contributed by atoms with Crippen molar-refractivity contribution >= 4 is 56.4 Å². The van der Waals surface area contributed by atoms with Gasteiger partial charge in [-0.2, -0.15) is 0 Å². The number of pyridine rings is 1. The van der Waals surface area contributed by atoms with Crippen LogP contribution in [0.2, 0.25) is 0 Å². The van der Waals surface area contributed by atoms with Gasteiger partial charge in [0.2, 0.25) is 0 Å². The predicted molar refractivity (Wildman–Crippen MR) is 142 cm³/mol. The molecular formula is C24H29N7OS2. The number of likely N-dealkylation sites (tertiary alicyclic amines) is 1. The second-order valence-electron chi connectivity index (χ2n) is 8.50. The van der Waals surface area contributed by atoms with Crippen molar-refractivity contribution in [3.8, 4) is 10.6 Å². The van der Waals surface area contributed by atoms with E-state index in [0.29, 0.717) is 22.1 Å². The molecule has 0 bridgehead atoms. The number of aldehydes is 1. The number of nitrogens with zero attached hydrogens (tertiary/aromatic N) is 5. The molecule has 0 radical (unpaired) electrons. The summed E-state index contributed by atoms with van der Waals surface area (Å²) in [6.07, 6.45) is 6.72. The minimum Gasteiger partial charge on any atom is -0.382 e. The van der Waals surface area contributed by atoms with Gasteiger partial charge in [-0.15, -0.1) is 21.5 Å². The average Bonchev–Trinajstić information content (AvgIpc) is 3.49. The molecule has 4 heterocycles. The van der Waals surface area contributed by atoms with Gasteiger partial charge >= 0.3 is 0 Å². The van der Waals surface area contributed by atoms with E-state index in [1.165, 1.54) is 43.7 Å². The lowest BCUT2D eigenvalue weighted by molar-refractivity contribution is 0.112. The number of hydrogen-bond donors (Lipinski definition) is 2. The largest absolute Gasteiger partial charge is 0.382 e. The van der Waals surface area contributed by atoms with Crippen LogP contribution in [0.4, 0.5) is 17.2 Å². The zero-order valence-corrected chi connectivity index (χ0v) is 21.2. The molecular weight excluding hydrogens is 466 g/mol. The van der Waals surface area contributed by atoms with Gasteiger partial charge in [0, 0.05) is 29.7 Å². The molecule has 1 aromatic carbocycles. The van der Waals surface area contributed by atoms with Crippen LogP contribution < -0.4 is 10.6 Å². The molecule has 0 spiro atoms. The van der Waals surface area contributed by atoms with Crippen molar-refractivity contribution in [2.75, 3.05) is 30.8 Å². The summed E-state index contributed by atoms with van der Waals surface area (Å²) in [5.74, 6) is 0.714. The molecule has 1 saturated heterocycles. The fourth-order valence-electron chi connectivity index (χ4n) is 3.65. The van der Waals surface area contributed by atoms with Gasteiger partial charge in [0.05, 0.1) is 21.3 Å². The molecule has 3 aromatic heterocycles. The van der Waals surface area contributed by atoms with Crippen LogP contribution in [0.3, 0.4) is 0 Å². The minimum absolute atomic E-state index is 0.228. The number of rotatable bonds is 6. The smallest absolute Gasteiger partial charge is 0.180 e. The Morgan fingerprint density at radius 3 is 2.59 bits per heavy atom. The number of nitrogens with one attached hydrogen (secondary N) is 2. The highest BCUT2D eigenvalue weighted by molar-refractivity contribution is 7.16. The Labute approximate surface area is 207 Å².